The number of nitrogens with one attached hydrogen (secondary N) is 1. The van der Waals surface area contributed by atoms with Crippen LogP contribution in [0.25, 0.3) is 11.5 Å². The number of anilines is 1. The van der Waals surface area contributed by atoms with Crippen LogP contribution in [-0.2, 0) is 30.7 Å². The predicted octanol–water partition coefficient (Wildman–Crippen LogP) is 4.37. The molecule has 10 nitrogen and oxygen atoms in total. The summed E-state index contributed by atoms with van der Waals surface area (Å²) in [7, 11) is 1.56. The Labute approximate surface area is 221 Å². The van der Waals surface area contributed by atoms with Gasteiger partial charge in [-0.2, -0.15) is 0 Å². The molecule has 1 fully saturated rings. The van der Waals surface area contributed by atoms with Gasteiger partial charge >= 0.3 is 6.09 Å². The molecule has 2 aliphatic heterocycles. The zero-order valence-corrected chi connectivity index (χ0v) is 21.6. The van der Waals surface area contributed by atoms with Crippen LogP contribution in [0.2, 0.25) is 0 Å². The molecule has 0 radical (unpaired) electrons. The lowest BCUT2D eigenvalue weighted by Gasteiger charge is -2.30. The van der Waals surface area contributed by atoms with Crippen LogP contribution in [0.5, 0.6) is 5.75 Å². The zero-order valence-electron chi connectivity index (χ0n) is 21.6. The van der Waals surface area contributed by atoms with Crippen LogP contribution in [0.3, 0.4) is 0 Å². The number of methoxy groups -OCH3 is 1. The minimum absolute atomic E-state index is 0.0210. The third-order valence-electron chi connectivity index (χ3n) is 7.69. The molecule has 38 heavy (non-hydrogen) atoms. The average Bonchev–Trinajstić information content (AvgIpc) is 3.62. The van der Waals surface area contributed by atoms with E-state index in [4.69, 9.17) is 9.47 Å². The maximum absolute atomic E-state index is 13.4. The number of pyridine rings is 1. The van der Waals surface area contributed by atoms with E-state index in [9.17, 15) is 9.59 Å². The van der Waals surface area contributed by atoms with E-state index in [0.29, 0.717) is 48.2 Å². The van der Waals surface area contributed by atoms with Crippen molar-refractivity contribution in [2.45, 2.75) is 70.6 Å². The Morgan fingerprint density at radius 3 is 2.71 bits per heavy atom. The second kappa shape index (κ2) is 10.4. The maximum atomic E-state index is 13.4. The van der Waals surface area contributed by atoms with Gasteiger partial charge in [-0.25, -0.2) is 9.78 Å². The standard InChI is InChI=1S/C28H32N6O4/c1-37-23-16-18-12-14-33(28(36)38-20-7-2-3-8-20)17-19(18)15-21(23)27(35)30-24-10-6-9-22(29-24)26-32-31-25-11-4-5-13-34(25)26/h6,9-10,15-16,20H,2-5,7-8,11-14,17H2,1H3,(H,29,30,35). The first-order chi connectivity index (χ1) is 18.6. The third kappa shape index (κ3) is 4.82. The summed E-state index contributed by atoms with van der Waals surface area (Å²) in [6.07, 6.45) is 7.63. The highest BCUT2D eigenvalue weighted by molar-refractivity contribution is 6.06. The Hall–Kier alpha value is -3.95. The molecule has 198 valence electrons. The van der Waals surface area contributed by atoms with Crippen LogP contribution >= 0.6 is 0 Å². The molecule has 2 aromatic heterocycles. The zero-order chi connectivity index (χ0) is 26.1. The lowest BCUT2D eigenvalue weighted by atomic mass is 9.96. The van der Waals surface area contributed by atoms with Crippen molar-refractivity contribution < 1.29 is 19.1 Å². The Balaban J connectivity index is 1.20. The van der Waals surface area contributed by atoms with Crippen molar-refractivity contribution in [2.75, 3.05) is 19.0 Å². The molecule has 4 heterocycles. The molecule has 0 atom stereocenters. The molecule has 0 saturated heterocycles. The summed E-state index contributed by atoms with van der Waals surface area (Å²) < 4.78 is 13.4. The van der Waals surface area contributed by atoms with Crippen LogP contribution < -0.4 is 10.1 Å². The van der Waals surface area contributed by atoms with Crippen LogP contribution in [0.15, 0.2) is 30.3 Å². The number of carbonyl (C=O) groups excluding carboxylic acids is 2. The van der Waals surface area contributed by atoms with E-state index >= 15 is 0 Å². The molecule has 1 aliphatic carbocycles. The van der Waals surface area contributed by atoms with E-state index in [1.54, 1.807) is 18.1 Å². The Morgan fingerprint density at radius 2 is 1.87 bits per heavy atom. The van der Waals surface area contributed by atoms with Gasteiger partial charge in [-0.3, -0.25) is 4.79 Å². The van der Waals surface area contributed by atoms with Crippen molar-refractivity contribution in [1.29, 1.82) is 0 Å². The number of hydrogen-bond donors (Lipinski definition) is 1. The maximum Gasteiger partial charge on any atom is 0.410 e. The van der Waals surface area contributed by atoms with Gasteiger partial charge in [-0.1, -0.05) is 6.07 Å². The summed E-state index contributed by atoms with van der Waals surface area (Å²) in [5.74, 6) is 2.27. The number of carbonyl (C=O) groups is 2. The normalized spacial score (nSPS) is 17.0. The molecule has 10 heteroatoms. The van der Waals surface area contributed by atoms with Crippen LogP contribution in [0, 0.1) is 0 Å². The van der Waals surface area contributed by atoms with Crippen LogP contribution in [0.1, 0.15) is 65.8 Å². The summed E-state index contributed by atoms with van der Waals surface area (Å²) in [6, 6.07) is 9.19. The van der Waals surface area contributed by atoms with Crippen molar-refractivity contribution in [3.05, 3.63) is 52.8 Å². The molecule has 3 aliphatic rings. The minimum Gasteiger partial charge on any atom is -0.496 e. The number of aromatic nitrogens is 4. The number of fused-ring (bicyclic) bond motifs is 2. The molecule has 0 spiro atoms. The molecule has 1 aromatic carbocycles. The lowest BCUT2D eigenvalue weighted by Crippen LogP contribution is -2.38. The number of benzene rings is 1. The Kier molecular flexibility index (Phi) is 6.70. The fourth-order valence-corrected chi connectivity index (χ4v) is 5.62. The van der Waals surface area contributed by atoms with Gasteiger partial charge in [0, 0.05) is 26.1 Å². The van der Waals surface area contributed by atoms with Crippen LogP contribution in [-0.4, -0.2) is 56.4 Å². The monoisotopic (exact) mass is 516 g/mol. The highest BCUT2D eigenvalue weighted by atomic mass is 16.6. The molecule has 3 aromatic rings. The molecule has 0 unspecified atom stereocenters. The van der Waals surface area contributed by atoms with E-state index < -0.39 is 0 Å². The number of amides is 2. The van der Waals surface area contributed by atoms with Crippen molar-refractivity contribution in [2.24, 2.45) is 0 Å². The molecule has 6 rings (SSSR count). The summed E-state index contributed by atoms with van der Waals surface area (Å²) >= 11 is 0. The van der Waals surface area contributed by atoms with E-state index in [0.717, 1.165) is 68.4 Å². The Morgan fingerprint density at radius 1 is 1.00 bits per heavy atom. The van der Waals surface area contributed by atoms with Crippen molar-refractivity contribution in [3.63, 3.8) is 0 Å². The summed E-state index contributed by atoms with van der Waals surface area (Å²) in [6.45, 7) is 1.85. The second-order valence-corrected chi connectivity index (χ2v) is 10.2. The molecular weight excluding hydrogens is 484 g/mol. The van der Waals surface area contributed by atoms with Crippen molar-refractivity contribution >= 4 is 17.8 Å². The fraction of sp³-hybridized carbons (Fsp3) is 0.464. The largest absolute Gasteiger partial charge is 0.496 e. The summed E-state index contributed by atoms with van der Waals surface area (Å²) in [5, 5.41) is 11.6. The number of hydrogen-bond acceptors (Lipinski definition) is 7. The molecule has 1 N–H and O–H groups in total. The molecule has 1 saturated carbocycles. The average molecular weight is 517 g/mol. The molecule has 0 bridgehead atoms. The second-order valence-electron chi connectivity index (χ2n) is 10.2. The van der Waals surface area contributed by atoms with Crippen LogP contribution in [0.4, 0.5) is 10.6 Å². The lowest BCUT2D eigenvalue weighted by molar-refractivity contribution is 0.0618. The quantitative estimate of drug-likeness (QED) is 0.536. The minimum atomic E-state index is -0.330. The molecule has 2 amide bonds. The van der Waals surface area contributed by atoms with E-state index in [-0.39, 0.29) is 18.1 Å². The summed E-state index contributed by atoms with van der Waals surface area (Å²) in [4.78, 5) is 32.5. The number of ether oxygens (including phenoxy) is 2. The van der Waals surface area contributed by atoms with Gasteiger partial charge in [-0.15, -0.1) is 10.2 Å². The SMILES string of the molecule is COc1cc2c(cc1C(=O)Nc1cccc(-c3nnc4n3CCCC4)n1)CN(C(=O)OC1CCCC1)CC2. The predicted molar refractivity (Wildman–Crippen MR) is 140 cm³/mol. The topological polar surface area (TPSA) is 111 Å². The first kappa shape index (κ1) is 24.4. The Bertz CT molecular complexity index is 1360. The van der Waals surface area contributed by atoms with Crippen molar-refractivity contribution in [3.8, 4) is 17.3 Å². The van der Waals surface area contributed by atoms with E-state index in [1.807, 2.05) is 24.3 Å². The van der Waals surface area contributed by atoms with Gasteiger partial charge in [0.1, 0.15) is 29.2 Å². The smallest absolute Gasteiger partial charge is 0.410 e. The van der Waals surface area contributed by atoms with Gasteiger partial charge < -0.3 is 24.3 Å². The van der Waals surface area contributed by atoms with E-state index in [2.05, 4.69) is 25.1 Å². The van der Waals surface area contributed by atoms with Crippen molar-refractivity contribution in [1.82, 2.24) is 24.6 Å². The van der Waals surface area contributed by atoms with Gasteiger partial charge in [-0.05, 0) is 80.3 Å². The first-order valence-corrected chi connectivity index (χ1v) is 13.5. The highest BCUT2D eigenvalue weighted by Gasteiger charge is 2.28. The number of aryl methyl sites for hydroxylation is 1. The van der Waals surface area contributed by atoms with Gasteiger partial charge in [0.15, 0.2) is 5.82 Å². The van der Waals surface area contributed by atoms with Gasteiger partial charge in [0.05, 0.1) is 12.7 Å². The number of nitrogens with zero attached hydrogens (tertiary/aromatic N) is 5. The van der Waals surface area contributed by atoms with E-state index in [1.165, 1.54) is 0 Å². The summed E-state index contributed by atoms with van der Waals surface area (Å²) in [5.41, 5.74) is 3.05. The molecular formula is C28H32N6O4. The fourth-order valence-electron chi connectivity index (χ4n) is 5.62. The third-order valence-corrected chi connectivity index (χ3v) is 7.69. The van der Waals surface area contributed by atoms with Gasteiger partial charge in [0.25, 0.3) is 5.91 Å². The highest BCUT2D eigenvalue weighted by Crippen LogP contribution is 2.30. The van der Waals surface area contributed by atoms with Gasteiger partial charge in [0.2, 0.25) is 0 Å². The first-order valence-electron chi connectivity index (χ1n) is 13.5. The number of rotatable bonds is 5.